The molecular formula is C17H25IN4O2. The first-order valence-corrected chi connectivity index (χ1v) is 7.79. The van der Waals surface area contributed by atoms with Gasteiger partial charge in [-0.15, -0.1) is 30.6 Å². The Morgan fingerprint density at radius 2 is 2.29 bits per heavy atom. The second-order valence-electron chi connectivity index (χ2n) is 5.29. The summed E-state index contributed by atoms with van der Waals surface area (Å²) in [6, 6.07) is 7.74. The summed E-state index contributed by atoms with van der Waals surface area (Å²) in [5, 5.41) is 9.23. The molecule has 1 aromatic carbocycles. The molecule has 1 aliphatic heterocycles. The van der Waals surface area contributed by atoms with Crippen molar-refractivity contribution in [3.05, 3.63) is 42.5 Å². The Morgan fingerprint density at radius 3 is 2.96 bits per heavy atom. The zero-order valence-corrected chi connectivity index (χ0v) is 16.2. The number of halogens is 1. The third-order valence-electron chi connectivity index (χ3n) is 3.51. The number of benzene rings is 1. The van der Waals surface area contributed by atoms with Crippen molar-refractivity contribution in [2.75, 3.05) is 25.5 Å². The number of rotatable bonds is 6. The van der Waals surface area contributed by atoms with Gasteiger partial charge in [0.15, 0.2) is 5.96 Å². The lowest BCUT2D eigenvalue weighted by Gasteiger charge is -2.13. The van der Waals surface area contributed by atoms with Crippen molar-refractivity contribution in [1.29, 1.82) is 0 Å². The van der Waals surface area contributed by atoms with Crippen LogP contribution in [0.2, 0.25) is 0 Å². The Morgan fingerprint density at radius 1 is 1.46 bits per heavy atom. The molecule has 1 aliphatic rings. The van der Waals surface area contributed by atoms with Crippen LogP contribution in [0.1, 0.15) is 18.4 Å². The first kappa shape index (κ1) is 20.4. The molecule has 7 heteroatoms. The lowest BCUT2D eigenvalue weighted by Crippen LogP contribution is -2.36. The van der Waals surface area contributed by atoms with Crippen LogP contribution in [-0.4, -0.2) is 38.2 Å². The standard InChI is InChI=1S/C17H24N4O2.HI/c1-3-9-19-17(18-2)20-12-13-6-4-7-14(11-13)21-16(22)15-8-5-10-23-15;/h3-4,6-7,11,15H,1,5,8-10,12H2,2H3,(H,21,22)(H2,18,19,20);1H. The molecule has 6 nitrogen and oxygen atoms in total. The summed E-state index contributed by atoms with van der Waals surface area (Å²) in [4.78, 5) is 16.2. The number of anilines is 1. The van der Waals surface area contributed by atoms with Crippen LogP contribution in [0.4, 0.5) is 5.69 Å². The molecule has 1 unspecified atom stereocenters. The predicted molar refractivity (Wildman–Crippen MR) is 108 cm³/mol. The van der Waals surface area contributed by atoms with Gasteiger partial charge in [0.2, 0.25) is 0 Å². The number of amides is 1. The highest BCUT2D eigenvalue weighted by molar-refractivity contribution is 14.0. The number of hydrogen-bond acceptors (Lipinski definition) is 3. The van der Waals surface area contributed by atoms with Crippen LogP contribution in [0.5, 0.6) is 0 Å². The Kier molecular flexibility index (Phi) is 9.39. The molecule has 3 N–H and O–H groups in total. The quantitative estimate of drug-likeness (QED) is 0.273. The number of ether oxygens (including phenoxy) is 1. The van der Waals surface area contributed by atoms with Crippen molar-refractivity contribution in [1.82, 2.24) is 10.6 Å². The number of carbonyl (C=O) groups is 1. The first-order chi connectivity index (χ1) is 11.2. The average molecular weight is 444 g/mol. The highest BCUT2D eigenvalue weighted by Gasteiger charge is 2.23. The predicted octanol–water partition coefficient (Wildman–Crippen LogP) is 2.27. The molecule has 0 radical (unpaired) electrons. The average Bonchev–Trinajstić information content (AvgIpc) is 3.10. The smallest absolute Gasteiger partial charge is 0.253 e. The summed E-state index contributed by atoms with van der Waals surface area (Å²) >= 11 is 0. The summed E-state index contributed by atoms with van der Waals surface area (Å²) in [6.45, 7) is 5.59. The molecule has 0 saturated carbocycles. The normalized spacial score (nSPS) is 16.9. The van der Waals surface area contributed by atoms with Gasteiger partial charge in [0, 0.05) is 32.4 Å². The summed E-state index contributed by atoms with van der Waals surface area (Å²) in [6.07, 6.45) is 3.18. The molecule has 0 aliphatic carbocycles. The van der Waals surface area contributed by atoms with Gasteiger partial charge in [-0.2, -0.15) is 0 Å². The topological polar surface area (TPSA) is 74.8 Å². The van der Waals surface area contributed by atoms with Gasteiger partial charge in [0.25, 0.3) is 5.91 Å². The van der Waals surface area contributed by atoms with Crippen LogP contribution >= 0.6 is 24.0 Å². The third kappa shape index (κ3) is 6.48. The third-order valence-corrected chi connectivity index (χ3v) is 3.51. The summed E-state index contributed by atoms with van der Waals surface area (Å²) in [5.41, 5.74) is 1.83. The maximum atomic E-state index is 12.1. The lowest BCUT2D eigenvalue weighted by atomic mass is 10.2. The molecular weight excluding hydrogens is 419 g/mol. The van der Waals surface area contributed by atoms with Gasteiger partial charge in [-0.05, 0) is 30.5 Å². The summed E-state index contributed by atoms with van der Waals surface area (Å²) in [7, 11) is 1.72. The maximum absolute atomic E-state index is 12.1. The fraction of sp³-hybridized carbons (Fsp3) is 0.412. The van der Waals surface area contributed by atoms with Gasteiger partial charge in [-0.1, -0.05) is 18.2 Å². The zero-order valence-electron chi connectivity index (χ0n) is 13.9. The molecule has 0 aromatic heterocycles. The van der Waals surface area contributed by atoms with E-state index in [-0.39, 0.29) is 36.0 Å². The fourth-order valence-corrected chi connectivity index (χ4v) is 2.34. The van der Waals surface area contributed by atoms with E-state index in [1.165, 1.54) is 0 Å². The van der Waals surface area contributed by atoms with Gasteiger partial charge in [-0.3, -0.25) is 9.79 Å². The Hall–Kier alpha value is -1.61. The molecule has 2 rings (SSSR count). The van der Waals surface area contributed by atoms with Crippen LogP contribution in [-0.2, 0) is 16.1 Å². The molecule has 1 atom stereocenters. The van der Waals surface area contributed by atoms with Crippen LogP contribution < -0.4 is 16.0 Å². The molecule has 24 heavy (non-hydrogen) atoms. The Bertz CT molecular complexity index is 571. The van der Waals surface area contributed by atoms with Crippen LogP contribution in [0.25, 0.3) is 0 Å². The molecule has 1 amide bonds. The van der Waals surface area contributed by atoms with E-state index >= 15 is 0 Å². The van der Waals surface area contributed by atoms with Crippen molar-refractivity contribution in [2.45, 2.75) is 25.5 Å². The number of nitrogens with zero attached hydrogens (tertiary/aromatic N) is 1. The number of guanidine groups is 1. The molecule has 132 valence electrons. The van der Waals surface area contributed by atoms with E-state index in [1.54, 1.807) is 13.1 Å². The molecule has 1 aromatic rings. The second kappa shape index (κ2) is 11.0. The van der Waals surface area contributed by atoms with E-state index in [4.69, 9.17) is 4.74 Å². The first-order valence-electron chi connectivity index (χ1n) is 7.79. The lowest BCUT2D eigenvalue weighted by molar-refractivity contribution is -0.124. The van der Waals surface area contributed by atoms with Crippen molar-refractivity contribution < 1.29 is 9.53 Å². The summed E-state index contributed by atoms with van der Waals surface area (Å²) in [5.74, 6) is 0.634. The van der Waals surface area contributed by atoms with Crippen molar-refractivity contribution in [3.63, 3.8) is 0 Å². The highest BCUT2D eigenvalue weighted by Crippen LogP contribution is 2.16. The SMILES string of the molecule is C=CCNC(=NC)NCc1cccc(NC(=O)C2CCCO2)c1.I. The van der Waals surface area contributed by atoms with E-state index in [0.29, 0.717) is 25.7 Å². The number of nitrogens with one attached hydrogen (secondary N) is 3. The van der Waals surface area contributed by atoms with Gasteiger partial charge >= 0.3 is 0 Å². The van der Waals surface area contributed by atoms with Crippen LogP contribution in [0.3, 0.4) is 0 Å². The number of carbonyl (C=O) groups excluding carboxylic acids is 1. The van der Waals surface area contributed by atoms with E-state index in [2.05, 4.69) is 27.5 Å². The second-order valence-corrected chi connectivity index (χ2v) is 5.29. The van der Waals surface area contributed by atoms with Crippen molar-refractivity contribution >= 4 is 41.5 Å². The van der Waals surface area contributed by atoms with E-state index in [0.717, 1.165) is 24.1 Å². The van der Waals surface area contributed by atoms with E-state index in [1.807, 2.05) is 24.3 Å². The largest absolute Gasteiger partial charge is 0.368 e. The fourth-order valence-electron chi connectivity index (χ4n) is 2.34. The Balaban J connectivity index is 0.00000288. The minimum Gasteiger partial charge on any atom is -0.368 e. The van der Waals surface area contributed by atoms with E-state index in [9.17, 15) is 4.79 Å². The monoisotopic (exact) mass is 444 g/mol. The zero-order chi connectivity index (χ0) is 16.5. The molecule has 0 spiro atoms. The van der Waals surface area contributed by atoms with Crippen molar-refractivity contribution in [3.8, 4) is 0 Å². The summed E-state index contributed by atoms with van der Waals surface area (Å²) < 4.78 is 5.39. The minimum atomic E-state index is -0.321. The van der Waals surface area contributed by atoms with Gasteiger partial charge in [-0.25, -0.2) is 0 Å². The van der Waals surface area contributed by atoms with Crippen molar-refractivity contribution in [2.24, 2.45) is 4.99 Å². The molecule has 1 heterocycles. The van der Waals surface area contributed by atoms with Gasteiger partial charge in [0.05, 0.1) is 0 Å². The maximum Gasteiger partial charge on any atom is 0.253 e. The van der Waals surface area contributed by atoms with Gasteiger partial charge < -0.3 is 20.7 Å². The van der Waals surface area contributed by atoms with Crippen LogP contribution in [0, 0.1) is 0 Å². The van der Waals surface area contributed by atoms with Crippen LogP contribution in [0.15, 0.2) is 41.9 Å². The van der Waals surface area contributed by atoms with Gasteiger partial charge in [0.1, 0.15) is 6.10 Å². The highest BCUT2D eigenvalue weighted by atomic mass is 127. The number of hydrogen-bond donors (Lipinski definition) is 3. The molecule has 1 saturated heterocycles. The minimum absolute atomic E-state index is 0. The molecule has 1 fully saturated rings. The van der Waals surface area contributed by atoms with E-state index < -0.39 is 0 Å². The Labute approximate surface area is 160 Å². The molecule has 0 bridgehead atoms. The number of aliphatic imine (C=N–C) groups is 1.